The average molecular weight is 264 g/mol. The van der Waals surface area contributed by atoms with Gasteiger partial charge >= 0.3 is 0 Å². The lowest BCUT2D eigenvalue weighted by Gasteiger charge is -2.23. The van der Waals surface area contributed by atoms with Gasteiger partial charge in [-0.1, -0.05) is 13.8 Å². The predicted molar refractivity (Wildman–Crippen MR) is 74.3 cm³/mol. The number of hydrogen-bond donors (Lipinski definition) is 1. The van der Waals surface area contributed by atoms with Crippen LogP contribution in [-0.4, -0.2) is 23.9 Å². The average Bonchev–Trinajstić information content (AvgIpc) is 2.53. The van der Waals surface area contributed by atoms with Crippen LogP contribution >= 0.6 is 0 Å². The standard InChI is InChI=1S/C15H21FN2O/c1-15(2)6-3-8-18(9-7-15)14(19)11-4-5-13(17)12(16)10-11/h4-5,10H,3,6-9,17H2,1-2H3. The lowest BCUT2D eigenvalue weighted by atomic mass is 9.85. The van der Waals surface area contributed by atoms with Crippen LogP contribution in [0.2, 0.25) is 0 Å². The molecule has 4 heteroatoms. The Labute approximate surface area is 113 Å². The van der Waals surface area contributed by atoms with Crippen LogP contribution in [0.1, 0.15) is 43.5 Å². The Morgan fingerprint density at radius 2 is 2.05 bits per heavy atom. The van der Waals surface area contributed by atoms with Gasteiger partial charge in [-0.2, -0.15) is 0 Å². The van der Waals surface area contributed by atoms with Crippen molar-refractivity contribution >= 4 is 11.6 Å². The normalized spacial score (nSPS) is 19.0. The highest BCUT2D eigenvalue weighted by molar-refractivity contribution is 5.94. The lowest BCUT2D eigenvalue weighted by Crippen LogP contribution is -2.32. The Hall–Kier alpha value is -1.58. The van der Waals surface area contributed by atoms with Crippen molar-refractivity contribution in [3.05, 3.63) is 29.6 Å². The van der Waals surface area contributed by atoms with Crippen LogP contribution in [0.15, 0.2) is 18.2 Å². The molecule has 0 unspecified atom stereocenters. The molecule has 1 heterocycles. The van der Waals surface area contributed by atoms with Crippen molar-refractivity contribution in [2.24, 2.45) is 5.41 Å². The summed E-state index contributed by atoms with van der Waals surface area (Å²) in [5, 5.41) is 0. The molecule has 0 aromatic heterocycles. The van der Waals surface area contributed by atoms with Crippen LogP contribution in [0.4, 0.5) is 10.1 Å². The van der Waals surface area contributed by atoms with Gasteiger partial charge in [0.05, 0.1) is 5.69 Å². The highest BCUT2D eigenvalue weighted by Gasteiger charge is 2.26. The fraction of sp³-hybridized carbons (Fsp3) is 0.533. The Kier molecular flexibility index (Phi) is 3.78. The maximum Gasteiger partial charge on any atom is 0.253 e. The van der Waals surface area contributed by atoms with Crippen molar-refractivity contribution in [1.29, 1.82) is 0 Å². The molecular weight excluding hydrogens is 243 g/mol. The molecule has 0 radical (unpaired) electrons. The van der Waals surface area contributed by atoms with Gasteiger partial charge in [-0.25, -0.2) is 4.39 Å². The second-order valence-electron chi connectivity index (χ2n) is 6.05. The van der Waals surface area contributed by atoms with Gasteiger partial charge in [-0.15, -0.1) is 0 Å². The molecule has 3 nitrogen and oxygen atoms in total. The molecule has 19 heavy (non-hydrogen) atoms. The smallest absolute Gasteiger partial charge is 0.253 e. The van der Waals surface area contributed by atoms with Crippen LogP contribution < -0.4 is 5.73 Å². The molecule has 1 aliphatic rings. The van der Waals surface area contributed by atoms with E-state index in [0.717, 1.165) is 32.4 Å². The van der Waals surface area contributed by atoms with Crippen molar-refractivity contribution in [1.82, 2.24) is 4.90 Å². The first-order chi connectivity index (χ1) is 8.89. The molecule has 2 N–H and O–H groups in total. The quantitative estimate of drug-likeness (QED) is 0.792. The van der Waals surface area contributed by atoms with Crippen LogP contribution in [-0.2, 0) is 0 Å². The second kappa shape index (κ2) is 5.19. The van der Waals surface area contributed by atoms with Crippen LogP contribution in [0.5, 0.6) is 0 Å². The Bertz CT molecular complexity index is 485. The summed E-state index contributed by atoms with van der Waals surface area (Å²) < 4.78 is 13.4. The van der Waals surface area contributed by atoms with E-state index in [2.05, 4.69) is 13.8 Å². The van der Waals surface area contributed by atoms with Gasteiger partial charge in [0.25, 0.3) is 5.91 Å². The van der Waals surface area contributed by atoms with E-state index in [4.69, 9.17) is 5.73 Å². The summed E-state index contributed by atoms with van der Waals surface area (Å²) in [5.41, 5.74) is 6.17. The molecule has 1 saturated heterocycles. The number of carbonyl (C=O) groups is 1. The van der Waals surface area contributed by atoms with E-state index in [1.807, 2.05) is 4.90 Å². The van der Waals surface area contributed by atoms with E-state index in [9.17, 15) is 9.18 Å². The fourth-order valence-corrected chi connectivity index (χ4v) is 2.47. The summed E-state index contributed by atoms with van der Waals surface area (Å²) in [6.45, 7) is 5.93. The highest BCUT2D eigenvalue weighted by atomic mass is 19.1. The molecule has 1 aliphatic heterocycles. The topological polar surface area (TPSA) is 46.3 Å². The Morgan fingerprint density at radius 3 is 2.74 bits per heavy atom. The zero-order valence-corrected chi connectivity index (χ0v) is 11.6. The number of nitrogens with zero attached hydrogens (tertiary/aromatic N) is 1. The largest absolute Gasteiger partial charge is 0.396 e. The number of rotatable bonds is 1. The van der Waals surface area contributed by atoms with Gasteiger partial charge in [0.1, 0.15) is 5.82 Å². The molecule has 1 aromatic rings. The number of carbonyl (C=O) groups excluding carboxylic acids is 1. The second-order valence-corrected chi connectivity index (χ2v) is 6.05. The molecule has 1 aromatic carbocycles. The number of nitrogen functional groups attached to an aromatic ring is 1. The summed E-state index contributed by atoms with van der Waals surface area (Å²) in [4.78, 5) is 14.2. The minimum Gasteiger partial charge on any atom is -0.396 e. The first kappa shape index (κ1) is 13.8. The minimum atomic E-state index is -0.527. The highest BCUT2D eigenvalue weighted by Crippen LogP contribution is 2.30. The van der Waals surface area contributed by atoms with E-state index in [-0.39, 0.29) is 17.0 Å². The van der Waals surface area contributed by atoms with Gasteiger partial charge in [0.15, 0.2) is 0 Å². The van der Waals surface area contributed by atoms with E-state index in [1.54, 1.807) is 6.07 Å². The molecule has 1 fully saturated rings. The van der Waals surface area contributed by atoms with Gasteiger partial charge < -0.3 is 10.6 Å². The van der Waals surface area contributed by atoms with Crippen molar-refractivity contribution < 1.29 is 9.18 Å². The summed E-state index contributed by atoms with van der Waals surface area (Å²) in [6, 6.07) is 4.27. The van der Waals surface area contributed by atoms with E-state index >= 15 is 0 Å². The number of hydrogen-bond acceptors (Lipinski definition) is 2. The molecule has 0 aliphatic carbocycles. The third-order valence-corrected chi connectivity index (χ3v) is 3.87. The van der Waals surface area contributed by atoms with E-state index in [0.29, 0.717) is 5.56 Å². The summed E-state index contributed by atoms with van der Waals surface area (Å²) in [6.07, 6.45) is 3.10. The Balaban J connectivity index is 2.13. The summed E-state index contributed by atoms with van der Waals surface area (Å²) in [7, 11) is 0. The molecule has 1 amide bonds. The number of halogens is 1. The summed E-state index contributed by atoms with van der Waals surface area (Å²) >= 11 is 0. The van der Waals surface area contributed by atoms with Gasteiger partial charge in [0, 0.05) is 18.7 Å². The fourth-order valence-electron chi connectivity index (χ4n) is 2.47. The maximum atomic E-state index is 13.4. The monoisotopic (exact) mass is 264 g/mol. The summed E-state index contributed by atoms with van der Waals surface area (Å²) in [5.74, 6) is -0.627. The van der Waals surface area contributed by atoms with Crippen molar-refractivity contribution in [2.45, 2.75) is 33.1 Å². The number of anilines is 1. The zero-order chi connectivity index (χ0) is 14.0. The van der Waals surface area contributed by atoms with Crippen molar-refractivity contribution in [2.75, 3.05) is 18.8 Å². The number of nitrogens with two attached hydrogens (primary N) is 1. The zero-order valence-electron chi connectivity index (χ0n) is 11.6. The van der Waals surface area contributed by atoms with Gasteiger partial charge in [-0.05, 0) is 42.9 Å². The van der Waals surface area contributed by atoms with E-state index in [1.165, 1.54) is 12.1 Å². The molecule has 2 rings (SSSR count). The van der Waals surface area contributed by atoms with Crippen molar-refractivity contribution in [3.8, 4) is 0 Å². The van der Waals surface area contributed by atoms with Crippen LogP contribution in [0.3, 0.4) is 0 Å². The van der Waals surface area contributed by atoms with Crippen LogP contribution in [0.25, 0.3) is 0 Å². The minimum absolute atomic E-state index is 0.0774. The maximum absolute atomic E-state index is 13.4. The molecule has 0 saturated carbocycles. The predicted octanol–water partition coefficient (Wildman–Crippen LogP) is 3.06. The first-order valence-electron chi connectivity index (χ1n) is 6.73. The molecule has 0 spiro atoms. The van der Waals surface area contributed by atoms with E-state index < -0.39 is 5.82 Å². The van der Waals surface area contributed by atoms with Gasteiger partial charge in [-0.3, -0.25) is 4.79 Å². The molecule has 0 bridgehead atoms. The third-order valence-electron chi connectivity index (χ3n) is 3.87. The number of likely N-dealkylation sites (tertiary alicyclic amines) is 1. The number of amides is 1. The first-order valence-corrected chi connectivity index (χ1v) is 6.73. The lowest BCUT2D eigenvalue weighted by molar-refractivity contribution is 0.0757. The molecule has 0 atom stereocenters. The van der Waals surface area contributed by atoms with Crippen molar-refractivity contribution in [3.63, 3.8) is 0 Å². The molecule has 104 valence electrons. The third kappa shape index (κ3) is 3.25. The van der Waals surface area contributed by atoms with Crippen LogP contribution in [0, 0.1) is 11.2 Å². The Morgan fingerprint density at radius 1 is 1.32 bits per heavy atom. The molecular formula is C15H21FN2O. The van der Waals surface area contributed by atoms with Gasteiger partial charge in [0.2, 0.25) is 0 Å². The SMILES string of the molecule is CC1(C)CCCN(C(=O)c2ccc(N)c(F)c2)CC1. The number of benzene rings is 1.